The summed E-state index contributed by atoms with van der Waals surface area (Å²) in [6, 6.07) is 17.0. The number of carbonyl (C=O) groups is 2. The SMILES string of the molecule is CCOC(=O)c1c(NC(=S)Nc2cccc(C(=O)NCc3ccccc3)c2)sc2c1CCCCCC2. The van der Waals surface area contributed by atoms with E-state index in [-0.39, 0.29) is 11.9 Å². The average Bonchev–Trinajstić information content (AvgIpc) is 3.19. The Bertz CT molecular complexity index is 1220. The minimum atomic E-state index is -0.307. The molecule has 0 saturated heterocycles. The molecule has 0 bridgehead atoms. The molecule has 2 aromatic carbocycles. The van der Waals surface area contributed by atoms with Crippen LogP contribution in [0.5, 0.6) is 0 Å². The van der Waals surface area contributed by atoms with Crippen LogP contribution in [0.4, 0.5) is 10.7 Å². The Balaban J connectivity index is 1.45. The quantitative estimate of drug-likeness (QED) is 0.249. The van der Waals surface area contributed by atoms with E-state index >= 15 is 0 Å². The largest absolute Gasteiger partial charge is 0.462 e. The molecule has 0 saturated carbocycles. The molecule has 36 heavy (non-hydrogen) atoms. The molecule has 0 radical (unpaired) electrons. The van der Waals surface area contributed by atoms with Crippen molar-refractivity contribution >= 4 is 51.2 Å². The van der Waals surface area contributed by atoms with Gasteiger partial charge >= 0.3 is 5.97 Å². The maximum absolute atomic E-state index is 12.9. The molecular formula is C28H31N3O3S2. The van der Waals surface area contributed by atoms with Gasteiger partial charge in [0.1, 0.15) is 5.00 Å². The Labute approximate surface area is 221 Å². The molecule has 1 aliphatic carbocycles. The number of hydrogen-bond acceptors (Lipinski definition) is 5. The summed E-state index contributed by atoms with van der Waals surface area (Å²) in [4.78, 5) is 26.8. The molecule has 3 aromatic rings. The monoisotopic (exact) mass is 521 g/mol. The first kappa shape index (κ1) is 25.9. The number of benzene rings is 2. The summed E-state index contributed by atoms with van der Waals surface area (Å²) in [5, 5.41) is 10.4. The molecule has 1 aliphatic rings. The lowest BCUT2D eigenvalue weighted by molar-refractivity contribution is 0.0526. The third-order valence-corrected chi connectivity index (χ3v) is 7.47. The maximum Gasteiger partial charge on any atom is 0.341 e. The van der Waals surface area contributed by atoms with Gasteiger partial charge in [0, 0.05) is 22.7 Å². The van der Waals surface area contributed by atoms with Crippen molar-refractivity contribution in [2.45, 2.75) is 52.0 Å². The molecule has 0 spiro atoms. The minimum absolute atomic E-state index is 0.163. The predicted molar refractivity (Wildman–Crippen MR) is 150 cm³/mol. The van der Waals surface area contributed by atoms with Gasteiger partial charge in [0.15, 0.2) is 5.11 Å². The fourth-order valence-electron chi connectivity index (χ4n) is 4.31. The zero-order chi connectivity index (χ0) is 25.3. The van der Waals surface area contributed by atoms with Crippen LogP contribution in [0.15, 0.2) is 54.6 Å². The number of aryl methyl sites for hydroxylation is 1. The van der Waals surface area contributed by atoms with Gasteiger partial charge in [0.2, 0.25) is 0 Å². The first-order valence-corrected chi connectivity index (χ1v) is 13.6. The van der Waals surface area contributed by atoms with E-state index in [1.807, 2.05) is 49.4 Å². The number of nitrogens with one attached hydrogen (secondary N) is 3. The van der Waals surface area contributed by atoms with Gasteiger partial charge in [-0.1, -0.05) is 49.2 Å². The van der Waals surface area contributed by atoms with E-state index in [0.717, 1.165) is 41.8 Å². The smallest absolute Gasteiger partial charge is 0.341 e. The third kappa shape index (κ3) is 6.71. The van der Waals surface area contributed by atoms with E-state index < -0.39 is 0 Å². The Morgan fingerprint density at radius 3 is 2.53 bits per heavy atom. The number of anilines is 2. The van der Waals surface area contributed by atoms with Crippen molar-refractivity contribution in [3.05, 3.63) is 81.7 Å². The van der Waals surface area contributed by atoms with E-state index in [1.165, 1.54) is 17.7 Å². The highest BCUT2D eigenvalue weighted by molar-refractivity contribution is 7.80. The summed E-state index contributed by atoms with van der Waals surface area (Å²) >= 11 is 7.17. The average molecular weight is 522 g/mol. The third-order valence-electron chi connectivity index (χ3n) is 6.06. The molecular weight excluding hydrogens is 490 g/mol. The van der Waals surface area contributed by atoms with E-state index in [0.29, 0.717) is 35.1 Å². The molecule has 0 aliphatic heterocycles. The van der Waals surface area contributed by atoms with E-state index in [4.69, 9.17) is 17.0 Å². The molecule has 8 heteroatoms. The van der Waals surface area contributed by atoms with Gasteiger partial charge in [-0.3, -0.25) is 4.79 Å². The van der Waals surface area contributed by atoms with Gasteiger partial charge in [0.25, 0.3) is 5.91 Å². The standard InChI is InChI=1S/C28H31N3O3S2/c1-2-34-27(33)24-22-15-8-3-4-9-16-23(22)36-26(24)31-28(35)30-21-14-10-13-20(17-21)25(32)29-18-19-11-6-5-7-12-19/h5-7,10-14,17H,2-4,8-9,15-16,18H2,1H3,(H,29,32)(H2,30,31,35). The van der Waals surface area contributed by atoms with E-state index in [2.05, 4.69) is 16.0 Å². The number of esters is 1. The second kappa shape index (κ2) is 12.6. The Morgan fingerprint density at radius 1 is 0.972 bits per heavy atom. The van der Waals surface area contributed by atoms with E-state index in [1.54, 1.807) is 23.5 Å². The molecule has 188 valence electrons. The van der Waals surface area contributed by atoms with Crippen LogP contribution < -0.4 is 16.0 Å². The predicted octanol–water partition coefficient (Wildman–Crippen LogP) is 6.32. The molecule has 0 fully saturated rings. The summed E-state index contributed by atoms with van der Waals surface area (Å²) < 4.78 is 5.38. The number of thiophene rings is 1. The summed E-state index contributed by atoms with van der Waals surface area (Å²) in [7, 11) is 0. The maximum atomic E-state index is 12.9. The lowest BCUT2D eigenvalue weighted by Crippen LogP contribution is -2.23. The highest BCUT2D eigenvalue weighted by Crippen LogP contribution is 2.37. The molecule has 0 atom stereocenters. The van der Waals surface area contributed by atoms with Crippen LogP contribution in [-0.4, -0.2) is 23.6 Å². The first-order valence-electron chi connectivity index (χ1n) is 12.4. The normalized spacial score (nSPS) is 13.0. The second-order valence-electron chi connectivity index (χ2n) is 8.67. The highest BCUT2D eigenvalue weighted by Gasteiger charge is 2.25. The van der Waals surface area contributed by atoms with Crippen molar-refractivity contribution in [3.8, 4) is 0 Å². The fourth-order valence-corrected chi connectivity index (χ4v) is 5.88. The van der Waals surface area contributed by atoms with Gasteiger partial charge in [-0.05, 0) is 74.2 Å². The van der Waals surface area contributed by atoms with Crippen LogP contribution in [0.1, 0.15) is 69.3 Å². The van der Waals surface area contributed by atoms with Crippen LogP contribution in [-0.2, 0) is 24.1 Å². The number of hydrogen-bond donors (Lipinski definition) is 3. The number of thiocarbonyl (C=S) groups is 1. The van der Waals surface area contributed by atoms with Crippen LogP contribution in [0.2, 0.25) is 0 Å². The summed E-state index contributed by atoms with van der Waals surface area (Å²) in [5.74, 6) is -0.470. The molecule has 0 unspecified atom stereocenters. The second-order valence-corrected chi connectivity index (χ2v) is 10.2. The molecule has 3 N–H and O–H groups in total. The van der Waals surface area contributed by atoms with Gasteiger partial charge in [-0.25, -0.2) is 4.79 Å². The summed E-state index contributed by atoms with van der Waals surface area (Å²) in [6.45, 7) is 2.60. The van der Waals surface area contributed by atoms with Crippen LogP contribution >= 0.6 is 23.6 Å². The van der Waals surface area contributed by atoms with Gasteiger partial charge in [-0.15, -0.1) is 11.3 Å². The fraction of sp³-hybridized carbons (Fsp3) is 0.321. The van der Waals surface area contributed by atoms with Gasteiger partial charge in [0.05, 0.1) is 12.2 Å². The van der Waals surface area contributed by atoms with Crippen molar-refractivity contribution in [1.29, 1.82) is 0 Å². The van der Waals surface area contributed by atoms with Crippen molar-refractivity contribution in [3.63, 3.8) is 0 Å². The molecule has 6 nitrogen and oxygen atoms in total. The number of fused-ring (bicyclic) bond motifs is 1. The Kier molecular flexibility index (Phi) is 9.08. The molecule has 4 rings (SSSR count). The lowest BCUT2D eigenvalue weighted by Gasteiger charge is -2.13. The van der Waals surface area contributed by atoms with Crippen molar-refractivity contribution in [2.75, 3.05) is 17.2 Å². The first-order chi connectivity index (χ1) is 17.5. The molecule has 1 amide bonds. The summed E-state index contributed by atoms with van der Waals surface area (Å²) in [5.41, 5.74) is 3.96. The zero-order valence-electron chi connectivity index (χ0n) is 20.4. The molecule has 1 heterocycles. The van der Waals surface area contributed by atoms with Crippen LogP contribution in [0.25, 0.3) is 0 Å². The number of amides is 1. The number of rotatable bonds is 7. The minimum Gasteiger partial charge on any atom is -0.462 e. The Morgan fingerprint density at radius 2 is 1.75 bits per heavy atom. The van der Waals surface area contributed by atoms with Gasteiger partial charge in [-0.2, -0.15) is 0 Å². The summed E-state index contributed by atoms with van der Waals surface area (Å²) in [6.07, 6.45) is 6.42. The van der Waals surface area contributed by atoms with Crippen LogP contribution in [0, 0.1) is 0 Å². The lowest BCUT2D eigenvalue weighted by atomic mass is 9.96. The molecule has 1 aromatic heterocycles. The topological polar surface area (TPSA) is 79.5 Å². The van der Waals surface area contributed by atoms with Crippen molar-refractivity contribution in [1.82, 2.24) is 5.32 Å². The van der Waals surface area contributed by atoms with E-state index in [9.17, 15) is 9.59 Å². The number of carbonyl (C=O) groups excluding carboxylic acids is 2. The number of ether oxygens (including phenoxy) is 1. The zero-order valence-corrected chi connectivity index (χ0v) is 22.0. The Hall–Kier alpha value is -3.23. The van der Waals surface area contributed by atoms with Crippen LogP contribution in [0.3, 0.4) is 0 Å². The van der Waals surface area contributed by atoms with Gasteiger partial charge < -0.3 is 20.7 Å². The van der Waals surface area contributed by atoms with Crippen molar-refractivity contribution in [2.24, 2.45) is 0 Å². The highest BCUT2D eigenvalue weighted by atomic mass is 32.1. The van der Waals surface area contributed by atoms with Crippen molar-refractivity contribution < 1.29 is 14.3 Å².